The number of ether oxygens (including phenoxy) is 1. The van der Waals surface area contributed by atoms with Crippen LogP contribution in [0.5, 0.6) is 5.75 Å². The number of hydrogen-bond donors (Lipinski definition) is 0. The van der Waals surface area contributed by atoms with Gasteiger partial charge in [-0.05, 0) is 17.7 Å². The molecule has 1 atom stereocenters. The SMILES string of the molecule is COc1ccc2c(c1)N1C=C(c3ccccc3)N(C)C1S2. The Morgan fingerprint density at radius 2 is 1.90 bits per heavy atom. The first-order valence-electron chi connectivity index (χ1n) is 6.91. The molecule has 106 valence electrons. The minimum absolute atomic E-state index is 0.294. The zero-order chi connectivity index (χ0) is 14.4. The number of thioether (sulfide) groups is 1. The molecule has 3 nitrogen and oxygen atoms in total. The third kappa shape index (κ3) is 1.90. The quantitative estimate of drug-likeness (QED) is 0.836. The number of benzene rings is 2. The minimum atomic E-state index is 0.294. The summed E-state index contributed by atoms with van der Waals surface area (Å²) in [5.41, 5.74) is 4.02. The molecule has 0 saturated heterocycles. The van der Waals surface area contributed by atoms with E-state index >= 15 is 0 Å². The predicted octanol–water partition coefficient (Wildman–Crippen LogP) is 3.83. The van der Waals surface area contributed by atoms with Crippen LogP contribution in [0, 0.1) is 0 Å². The van der Waals surface area contributed by atoms with Crippen LogP contribution in [0.4, 0.5) is 5.69 Å². The molecule has 0 aromatic heterocycles. The molecule has 0 radical (unpaired) electrons. The summed E-state index contributed by atoms with van der Waals surface area (Å²) in [6.07, 6.45) is 2.23. The molecule has 0 fully saturated rings. The van der Waals surface area contributed by atoms with Gasteiger partial charge in [0.05, 0.1) is 18.5 Å². The van der Waals surface area contributed by atoms with E-state index in [-0.39, 0.29) is 0 Å². The molecule has 4 heteroatoms. The molecule has 2 aliphatic rings. The van der Waals surface area contributed by atoms with E-state index in [0.29, 0.717) is 5.50 Å². The van der Waals surface area contributed by atoms with Crippen LogP contribution in [0.1, 0.15) is 5.56 Å². The second-order valence-electron chi connectivity index (χ2n) is 5.18. The first kappa shape index (κ1) is 12.7. The van der Waals surface area contributed by atoms with Crippen molar-refractivity contribution >= 4 is 23.1 Å². The molecule has 0 N–H and O–H groups in total. The third-order valence-corrected chi connectivity index (χ3v) is 5.31. The molecule has 0 spiro atoms. The van der Waals surface area contributed by atoms with Gasteiger partial charge in [-0.25, -0.2) is 0 Å². The molecule has 2 aliphatic heterocycles. The second kappa shape index (κ2) is 4.74. The van der Waals surface area contributed by atoms with Gasteiger partial charge >= 0.3 is 0 Å². The monoisotopic (exact) mass is 296 g/mol. The lowest BCUT2D eigenvalue weighted by Crippen LogP contribution is -2.30. The molecule has 1 unspecified atom stereocenters. The average molecular weight is 296 g/mol. The number of anilines is 1. The number of nitrogens with zero attached hydrogens (tertiary/aromatic N) is 2. The largest absolute Gasteiger partial charge is 0.497 e. The summed E-state index contributed by atoms with van der Waals surface area (Å²) in [6.45, 7) is 0. The molecule has 2 aromatic carbocycles. The number of rotatable bonds is 2. The van der Waals surface area contributed by atoms with Crippen LogP contribution in [0.3, 0.4) is 0 Å². The lowest BCUT2D eigenvalue weighted by Gasteiger charge is -2.24. The Bertz CT molecular complexity index is 714. The zero-order valence-corrected chi connectivity index (χ0v) is 12.8. The Morgan fingerprint density at radius 1 is 1.10 bits per heavy atom. The van der Waals surface area contributed by atoms with E-state index < -0.39 is 0 Å². The first-order valence-corrected chi connectivity index (χ1v) is 7.79. The summed E-state index contributed by atoms with van der Waals surface area (Å²) in [5.74, 6) is 0.902. The van der Waals surface area contributed by atoms with Crippen LogP contribution < -0.4 is 9.64 Å². The summed E-state index contributed by atoms with van der Waals surface area (Å²) in [4.78, 5) is 5.95. The normalized spacial score (nSPS) is 19.3. The van der Waals surface area contributed by atoms with Crippen LogP contribution in [-0.4, -0.2) is 24.6 Å². The van der Waals surface area contributed by atoms with Crippen molar-refractivity contribution in [3.05, 3.63) is 60.3 Å². The molecule has 0 bridgehead atoms. The number of methoxy groups -OCH3 is 1. The molecular formula is C17H16N2OS. The van der Waals surface area contributed by atoms with Crippen LogP contribution in [0.2, 0.25) is 0 Å². The maximum Gasteiger partial charge on any atom is 0.159 e. The molecule has 4 rings (SSSR count). The van der Waals surface area contributed by atoms with E-state index in [9.17, 15) is 0 Å². The summed E-state index contributed by atoms with van der Waals surface area (Å²) in [7, 11) is 3.86. The van der Waals surface area contributed by atoms with Crippen molar-refractivity contribution in [3.8, 4) is 5.75 Å². The van der Waals surface area contributed by atoms with Crippen LogP contribution in [-0.2, 0) is 0 Å². The second-order valence-corrected chi connectivity index (χ2v) is 6.27. The highest BCUT2D eigenvalue weighted by Crippen LogP contribution is 2.50. The van der Waals surface area contributed by atoms with Crippen LogP contribution in [0.15, 0.2) is 59.6 Å². The van der Waals surface area contributed by atoms with Crippen molar-refractivity contribution in [2.45, 2.75) is 10.4 Å². The van der Waals surface area contributed by atoms with Crippen molar-refractivity contribution < 1.29 is 4.74 Å². The van der Waals surface area contributed by atoms with Gasteiger partial charge in [-0.1, -0.05) is 42.1 Å². The first-order chi connectivity index (χ1) is 10.3. The molecule has 0 amide bonds. The summed E-state index contributed by atoms with van der Waals surface area (Å²) < 4.78 is 5.36. The van der Waals surface area contributed by atoms with E-state index in [2.05, 4.69) is 65.5 Å². The Kier molecular flexibility index (Phi) is 2.86. The highest BCUT2D eigenvalue weighted by molar-refractivity contribution is 8.00. The van der Waals surface area contributed by atoms with Gasteiger partial charge in [-0.3, -0.25) is 0 Å². The van der Waals surface area contributed by atoms with E-state index in [4.69, 9.17) is 4.74 Å². The zero-order valence-electron chi connectivity index (χ0n) is 12.0. The van der Waals surface area contributed by atoms with E-state index in [1.807, 2.05) is 17.8 Å². The Morgan fingerprint density at radius 3 is 2.67 bits per heavy atom. The fourth-order valence-electron chi connectivity index (χ4n) is 2.84. The van der Waals surface area contributed by atoms with Crippen molar-refractivity contribution in [3.63, 3.8) is 0 Å². The molecular weight excluding hydrogens is 280 g/mol. The van der Waals surface area contributed by atoms with Gasteiger partial charge in [0.25, 0.3) is 0 Å². The summed E-state index contributed by atoms with van der Waals surface area (Å²) in [6, 6.07) is 16.8. The van der Waals surface area contributed by atoms with Crippen molar-refractivity contribution in [2.24, 2.45) is 0 Å². The smallest absolute Gasteiger partial charge is 0.159 e. The summed E-state index contributed by atoms with van der Waals surface area (Å²) >= 11 is 1.88. The Balaban J connectivity index is 1.76. The van der Waals surface area contributed by atoms with Crippen molar-refractivity contribution in [2.75, 3.05) is 19.1 Å². The van der Waals surface area contributed by atoms with Crippen LogP contribution >= 0.6 is 11.8 Å². The fourth-order valence-corrected chi connectivity index (χ4v) is 4.06. The minimum Gasteiger partial charge on any atom is -0.497 e. The average Bonchev–Trinajstić information content (AvgIpc) is 3.05. The number of hydrogen-bond acceptors (Lipinski definition) is 4. The topological polar surface area (TPSA) is 15.7 Å². The van der Waals surface area contributed by atoms with Gasteiger partial charge in [0.1, 0.15) is 5.75 Å². The van der Waals surface area contributed by atoms with Gasteiger partial charge in [0.15, 0.2) is 5.50 Å². The standard InChI is InChI=1S/C17H16N2OS/c1-18-15(12-6-4-3-5-7-12)11-19-14-10-13(20-2)8-9-16(14)21-17(18)19/h3-11,17H,1-2H3. The number of fused-ring (bicyclic) bond motifs is 3. The van der Waals surface area contributed by atoms with E-state index in [0.717, 1.165) is 5.75 Å². The molecule has 0 saturated carbocycles. The summed E-state index contributed by atoms with van der Waals surface area (Å²) in [5, 5.41) is 0. The van der Waals surface area contributed by atoms with Crippen molar-refractivity contribution in [1.29, 1.82) is 0 Å². The molecule has 0 aliphatic carbocycles. The van der Waals surface area contributed by atoms with E-state index in [1.54, 1.807) is 7.11 Å². The fraction of sp³-hybridized carbons (Fsp3) is 0.176. The predicted molar refractivity (Wildman–Crippen MR) is 87.3 cm³/mol. The van der Waals surface area contributed by atoms with E-state index in [1.165, 1.54) is 21.8 Å². The van der Waals surface area contributed by atoms with Crippen molar-refractivity contribution in [1.82, 2.24) is 4.90 Å². The Labute approximate surface area is 128 Å². The van der Waals surface area contributed by atoms with Crippen LogP contribution in [0.25, 0.3) is 5.70 Å². The van der Waals surface area contributed by atoms with Gasteiger partial charge in [0.2, 0.25) is 0 Å². The molecule has 2 heterocycles. The lowest BCUT2D eigenvalue weighted by molar-refractivity contribution is 0.414. The van der Waals surface area contributed by atoms with Gasteiger partial charge in [-0.2, -0.15) is 0 Å². The maximum absolute atomic E-state index is 5.36. The maximum atomic E-state index is 5.36. The lowest BCUT2D eigenvalue weighted by atomic mass is 10.1. The molecule has 21 heavy (non-hydrogen) atoms. The van der Waals surface area contributed by atoms with Gasteiger partial charge < -0.3 is 14.5 Å². The van der Waals surface area contributed by atoms with Gasteiger partial charge in [0, 0.05) is 24.2 Å². The highest BCUT2D eigenvalue weighted by atomic mass is 32.2. The third-order valence-electron chi connectivity index (χ3n) is 3.96. The van der Waals surface area contributed by atoms with Gasteiger partial charge in [-0.15, -0.1) is 0 Å². The Hall–Kier alpha value is -2.07. The molecule has 2 aromatic rings. The highest BCUT2D eigenvalue weighted by Gasteiger charge is 2.38.